The Labute approximate surface area is 87.2 Å². The number of carboxylic acids is 1. The molecule has 0 atom stereocenters. The van der Waals surface area contributed by atoms with Gasteiger partial charge < -0.3 is 9.84 Å². The fourth-order valence-corrected chi connectivity index (χ4v) is 1.59. The molecule has 0 spiro atoms. The zero-order chi connectivity index (χ0) is 10.8. The summed E-state index contributed by atoms with van der Waals surface area (Å²) in [5, 5.41) is 8.91. The van der Waals surface area contributed by atoms with E-state index in [1.807, 2.05) is 6.92 Å². The molecule has 1 aromatic rings. The van der Waals surface area contributed by atoms with Gasteiger partial charge in [-0.2, -0.15) is 0 Å². The van der Waals surface area contributed by atoms with E-state index in [9.17, 15) is 4.79 Å². The van der Waals surface area contributed by atoms with Crippen LogP contribution in [0.1, 0.15) is 28.4 Å². The number of fused-ring (bicyclic) bond motifs is 1. The summed E-state index contributed by atoms with van der Waals surface area (Å²) in [6, 6.07) is 3.18. The Morgan fingerprint density at radius 2 is 2.40 bits per heavy atom. The lowest BCUT2D eigenvalue weighted by Crippen LogP contribution is -2.02. The van der Waals surface area contributed by atoms with Crippen LogP contribution >= 0.6 is 0 Å². The third-order valence-electron chi connectivity index (χ3n) is 2.27. The Kier molecular flexibility index (Phi) is 2.41. The van der Waals surface area contributed by atoms with Crippen molar-refractivity contribution in [3.05, 3.63) is 28.8 Å². The topological polar surface area (TPSA) is 58.9 Å². The van der Waals surface area contributed by atoms with Crippen molar-refractivity contribution >= 4 is 12.2 Å². The van der Waals surface area contributed by atoms with Crippen molar-refractivity contribution in [2.24, 2.45) is 4.99 Å². The highest BCUT2D eigenvalue weighted by Crippen LogP contribution is 2.28. The number of aliphatic imine (C=N–C) groups is 1. The summed E-state index contributed by atoms with van der Waals surface area (Å²) in [5.74, 6) is -0.316. The van der Waals surface area contributed by atoms with E-state index < -0.39 is 5.97 Å². The molecule has 0 saturated heterocycles. The standard InChI is InChI=1S/C11H11NO3/c1-2-15-10-4-7(11(13)14)3-8-5-12-6-9(8)10/h3-5H,2,6H2,1H3,(H,13,14). The van der Waals surface area contributed by atoms with E-state index >= 15 is 0 Å². The maximum atomic E-state index is 10.9. The molecular formula is C11H11NO3. The second-order valence-electron chi connectivity index (χ2n) is 3.25. The smallest absolute Gasteiger partial charge is 0.335 e. The number of carboxylic acid groups (broad SMARTS) is 1. The highest BCUT2D eigenvalue weighted by Gasteiger charge is 2.16. The van der Waals surface area contributed by atoms with Crippen LogP contribution in [-0.4, -0.2) is 23.9 Å². The molecule has 1 aliphatic rings. The van der Waals surface area contributed by atoms with Crippen LogP contribution in [0.4, 0.5) is 0 Å². The van der Waals surface area contributed by atoms with Gasteiger partial charge in [-0.05, 0) is 19.1 Å². The van der Waals surface area contributed by atoms with E-state index in [1.165, 1.54) is 0 Å². The van der Waals surface area contributed by atoms with E-state index in [0.717, 1.165) is 11.1 Å². The van der Waals surface area contributed by atoms with E-state index in [2.05, 4.69) is 4.99 Å². The zero-order valence-electron chi connectivity index (χ0n) is 8.36. The number of nitrogens with zero attached hydrogens (tertiary/aromatic N) is 1. The predicted molar refractivity (Wildman–Crippen MR) is 55.9 cm³/mol. The van der Waals surface area contributed by atoms with Crippen LogP contribution in [0, 0.1) is 0 Å². The number of rotatable bonds is 3. The molecule has 15 heavy (non-hydrogen) atoms. The summed E-state index contributed by atoms with van der Waals surface area (Å²) < 4.78 is 5.40. The van der Waals surface area contributed by atoms with Crippen LogP contribution in [0.15, 0.2) is 17.1 Å². The zero-order valence-corrected chi connectivity index (χ0v) is 8.36. The van der Waals surface area contributed by atoms with Crippen LogP contribution in [0.5, 0.6) is 5.75 Å². The molecule has 1 heterocycles. The lowest BCUT2D eigenvalue weighted by Gasteiger charge is -2.09. The highest BCUT2D eigenvalue weighted by atomic mass is 16.5. The summed E-state index contributed by atoms with van der Waals surface area (Å²) in [6.45, 7) is 2.97. The highest BCUT2D eigenvalue weighted by molar-refractivity contribution is 5.94. The molecule has 1 aliphatic heterocycles. The minimum atomic E-state index is -0.945. The molecule has 2 rings (SSSR count). The molecule has 0 unspecified atom stereocenters. The summed E-state index contributed by atoms with van der Waals surface area (Å²) in [4.78, 5) is 15.0. The molecule has 0 amide bonds. The lowest BCUT2D eigenvalue weighted by molar-refractivity contribution is 0.0696. The molecule has 78 valence electrons. The average Bonchev–Trinajstić information content (AvgIpc) is 2.65. The van der Waals surface area contributed by atoms with Crippen molar-refractivity contribution < 1.29 is 14.6 Å². The number of hydrogen-bond acceptors (Lipinski definition) is 3. The van der Waals surface area contributed by atoms with Crippen molar-refractivity contribution in [2.75, 3.05) is 6.61 Å². The molecule has 0 bridgehead atoms. The second kappa shape index (κ2) is 3.73. The molecule has 1 N–H and O–H groups in total. The molecule has 1 aromatic carbocycles. The number of benzene rings is 1. The average molecular weight is 205 g/mol. The Balaban J connectivity index is 2.50. The Morgan fingerprint density at radius 1 is 1.60 bits per heavy atom. The number of ether oxygens (including phenoxy) is 1. The minimum Gasteiger partial charge on any atom is -0.493 e. The molecule has 0 aromatic heterocycles. The van der Waals surface area contributed by atoms with E-state index in [1.54, 1.807) is 18.3 Å². The normalized spacial score (nSPS) is 12.6. The first-order valence-electron chi connectivity index (χ1n) is 4.75. The van der Waals surface area contributed by atoms with E-state index in [4.69, 9.17) is 9.84 Å². The molecule has 0 aliphatic carbocycles. The van der Waals surface area contributed by atoms with E-state index in [-0.39, 0.29) is 5.56 Å². The maximum Gasteiger partial charge on any atom is 0.335 e. The van der Waals surface area contributed by atoms with Gasteiger partial charge in [-0.1, -0.05) is 0 Å². The third kappa shape index (κ3) is 1.70. The van der Waals surface area contributed by atoms with Crippen LogP contribution in [-0.2, 0) is 6.54 Å². The minimum absolute atomic E-state index is 0.241. The summed E-state index contributed by atoms with van der Waals surface area (Å²) >= 11 is 0. The monoisotopic (exact) mass is 205 g/mol. The van der Waals surface area contributed by atoms with Crippen LogP contribution in [0.25, 0.3) is 0 Å². The van der Waals surface area contributed by atoms with Gasteiger partial charge in [-0.15, -0.1) is 0 Å². The third-order valence-corrected chi connectivity index (χ3v) is 2.27. The van der Waals surface area contributed by atoms with Gasteiger partial charge in [0.15, 0.2) is 0 Å². The van der Waals surface area contributed by atoms with Gasteiger partial charge in [0.2, 0.25) is 0 Å². The quantitative estimate of drug-likeness (QED) is 0.817. The van der Waals surface area contributed by atoms with Gasteiger partial charge in [-0.25, -0.2) is 4.79 Å². The van der Waals surface area contributed by atoms with Crippen LogP contribution in [0.2, 0.25) is 0 Å². The van der Waals surface area contributed by atoms with Crippen molar-refractivity contribution in [3.63, 3.8) is 0 Å². The molecule has 4 nitrogen and oxygen atoms in total. The molecular weight excluding hydrogens is 194 g/mol. The van der Waals surface area contributed by atoms with Gasteiger partial charge in [0.1, 0.15) is 5.75 Å². The van der Waals surface area contributed by atoms with Gasteiger partial charge in [-0.3, -0.25) is 4.99 Å². The van der Waals surface area contributed by atoms with Gasteiger partial charge in [0.25, 0.3) is 0 Å². The predicted octanol–water partition coefficient (Wildman–Crippen LogP) is 1.72. The van der Waals surface area contributed by atoms with Crippen molar-refractivity contribution in [1.29, 1.82) is 0 Å². The fraction of sp³-hybridized carbons (Fsp3) is 0.273. The summed E-state index contributed by atoms with van der Waals surface area (Å²) in [7, 11) is 0. The van der Waals surface area contributed by atoms with Gasteiger partial charge in [0, 0.05) is 17.3 Å². The largest absolute Gasteiger partial charge is 0.493 e. The van der Waals surface area contributed by atoms with Crippen molar-refractivity contribution in [1.82, 2.24) is 0 Å². The summed E-state index contributed by atoms with van der Waals surface area (Å²) in [6.07, 6.45) is 1.68. The molecule has 4 heteroatoms. The summed E-state index contributed by atoms with van der Waals surface area (Å²) in [5.41, 5.74) is 2.06. The van der Waals surface area contributed by atoms with Gasteiger partial charge >= 0.3 is 5.97 Å². The Morgan fingerprint density at radius 3 is 3.07 bits per heavy atom. The SMILES string of the molecule is CCOc1cc(C(=O)O)cc2c1CN=C2. The first-order valence-corrected chi connectivity index (χ1v) is 4.75. The number of aromatic carboxylic acids is 1. The first-order chi connectivity index (χ1) is 7.22. The van der Waals surface area contributed by atoms with Crippen LogP contribution in [0.3, 0.4) is 0 Å². The van der Waals surface area contributed by atoms with Crippen molar-refractivity contribution in [2.45, 2.75) is 13.5 Å². The number of hydrogen-bond donors (Lipinski definition) is 1. The fourth-order valence-electron chi connectivity index (χ4n) is 1.59. The van der Waals surface area contributed by atoms with Crippen LogP contribution < -0.4 is 4.74 Å². The van der Waals surface area contributed by atoms with E-state index in [0.29, 0.717) is 18.9 Å². The number of carbonyl (C=O) groups is 1. The molecule has 0 saturated carbocycles. The Bertz CT molecular complexity index is 438. The first kappa shape index (κ1) is 9.71. The molecule has 0 fully saturated rings. The Hall–Kier alpha value is -1.84. The lowest BCUT2D eigenvalue weighted by atomic mass is 10.0. The van der Waals surface area contributed by atoms with Gasteiger partial charge in [0.05, 0.1) is 18.7 Å². The molecule has 0 radical (unpaired) electrons. The van der Waals surface area contributed by atoms with Crippen molar-refractivity contribution in [3.8, 4) is 5.75 Å². The second-order valence-corrected chi connectivity index (χ2v) is 3.25. The maximum absolute atomic E-state index is 10.9.